The Hall–Kier alpha value is -4.08. The van der Waals surface area contributed by atoms with Crippen LogP contribution in [0.4, 0.5) is 5.69 Å². The highest BCUT2D eigenvalue weighted by atomic mass is 35.5. The van der Waals surface area contributed by atoms with Crippen LogP contribution in [0.25, 0.3) is 0 Å². The summed E-state index contributed by atoms with van der Waals surface area (Å²) < 4.78 is 16.4. The van der Waals surface area contributed by atoms with Gasteiger partial charge in [-0.25, -0.2) is 10.2 Å². The van der Waals surface area contributed by atoms with Gasteiger partial charge in [0.1, 0.15) is 5.75 Å². The molecule has 0 saturated heterocycles. The van der Waals surface area contributed by atoms with Crippen molar-refractivity contribution in [2.75, 3.05) is 19.0 Å². The number of nitrogens with one attached hydrogen (secondary N) is 2. The van der Waals surface area contributed by atoms with E-state index in [1.165, 1.54) is 31.5 Å². The van der Waals surface area contributed by atoms with Crippen molar-refractivity contribution < 1.29 is 28.6 Å². The van der Waals surface area contributed by atoms with Gasteiger partial charge in [0.2, 0.25) is 0 Å². The van der Waals surface area contributed by atoms with Crippen molar-refractivity contribution in [2.45, 2.75) is 19.8 Å². The lowest BCUT2D eigenvalue weighted by atomic mass is 10.2. The summed E-state index contributed by atoms with van der Waals surface area (Å²) >= 11 is 11.9. The van der Waals surface area contributed by atoms with Gasteiger partial charge in [0.15, 0.2) is 11.5 Å². The molecule has 0 fully saturated rings. The van der Waals surface area contributed by atoms with Crippen molar-refractivity contribution in [1.29, 1.82) is 0 Å². The molecule has 0 saturated carbocycles. The first-order valence-corrected chi connectivity index (χ1v) is 12.3. The average molecular weight is 558 g/mol. The lowest BCUT2D eigenvalue weighted by molar-refractivity contribution is -0.136. The number of esters is 1. The molecular formula is C27H25Cl2N3O6. The topological polar surface area (TPSA) is 115 Å². The Labute approximate surface area is 229 Å². The van der Waals surface area contributed by atoms with Gasteiger partial charge in [0.25, 0.3) is 0 Å². The number of hydrogen-bond acceptors (Lipinski definition) is 7. The molecule has 11 heteroatoms. The molecule has 0 aliphatic carbocycles. The van der Waals surface area contributed by atoms with Gasteiger partial charge < -0.3 is 19.5 Å². The molecule has 198 valence electrons. The summed E-state index contributed by atoms with van der Waals surface area (Å²) in [6, 6.07) is 15.8. The van der Waals surface area contributed by atoms with E-state index in [4.69, 9.17) is 37.4 Å². The van der Waals surface area contributed by atoms with Crippen molar-refractivity contribution in [1.82, 2.24) is 5.43 Å². The summed E-state index contributed by atoms with van der Waals surface area (Å²) in [5, 5.41) is 6.69. The van der Waals surface area contributed by atoms with Crippen LogP contribution in [0.3, 0.4) is 0 Å². The summed E-state index contributed by atoms with van der Waals surface area (Å²) in [6.45, 7) is 2.69. The minimum absolute atomic E-state index is 0.189. The molecule has 0 heterocycles. The van der Waals surface area contributed by atoms with Crippen molar-refractivity contribution in [3.63, 3.8) is 0 Å². The van der Waals surface area contributed by atoms with Crippen molar-refractivity contribution in [3.8, 4) is 17.2 Å². The van der Waals surface area contributed by atoms with Gasteiger partial charge in [-0.15, -0.1) is 0 Å². The van der Waals surface area contributed by atoms with Crippen LogP contribution in [0.15, 0.2) is 65.8 Å². The number of rotatable bonds is 10. The number of carbonyl (C=O) groups is 3. The minimum Gasteiger partial charge on any atom is -0.494 e. The SMILES string of the molecule is CCCCOc1ccc(C(=O)Oc2ccc(C=NNC(=O)C(=O)Nc3cc(Cl)ccc3Cl)cc2OC)cc1. The first kappa shape index (κ1) is 28.5. The number of ether oxygens (including phenoxy) is 3. The fourth-order valence-electron chi connectivity index (χ4n) is 3.02. The number of hydrogen-bond donors (Lipinski definition) is 2. The molecule has 0 aromatic heterocycles. The van der Waals surface area contributed by atoms with Gasteiger partial charge in [-0.2, -0.15) is 5.10 Å². The zero-order chi connectivity index (χ0) is 27.5. The van der Waals surface area contributed by atoms with E-state index in [-0.39, 0.29) is 22.2 Å². The highest BCUT2D eigenvalue weighted by molar-refractivity contribution is 6.42. The number of anilines is 1. The number of halogens is 2. The zero-order valence-electron chi connectivity index (χ0n) is 20.6. The van der Waals surface area contributed by atoms with Crippen LogP contribution in [0.2, 0.25) is 10.0 Å². The number of methoxy groups -OCH3 is 1. The van der Waals surface area contributed by atoms with Gasteiger partial charge in [-0.3, -0.25) is 9.59 Å². The Morgan fingerprint density at radius 2 is 1.71 bits per heavy atom. The first-order valence-electron chi connectivity index (χ1n) is 11.5. The lowest BCUT2D eigenvalue weighted by Crippen LogP contribution is -2.32. The standard InChI is InChI=1S/C27H25Cl2N3O6/c1-3-4-13-37-20-9-6-18(7-10-20)27(35)38-23-12-5-17(14-24(23)36-2)16-30-32-26(34)25(33)31-22-15-19(28)8-11-21(22)29/h5-12,14-16H,3-4,13H2,1-2H3,(H,31,33)(H,32,34). The van der Waals surface area contributed by atoms with Crippen molar-refractivity contribution in [2.24, 2.45) is 5.10 Å². The molecular weight excluding hydrogens is 533 g/mol. The molecule has 0 unspecified atom stereocenters. The lowest BCUT2D eigenvalue weighted by Gasteiger charge is -2.10. The highest BCUT2D eigenvalue weighted by Gasteiger charge is 2.16. The van der Waals surface area contributed by atoms with Gasteiger partial charge in [-0.05, 0) is 72.6 Å². The second-order valence-corrected chi connectivity index (χ2v) is 8.65. The fourth-order valence-corrected chi connectivity index (χ4v) is 3.35. The molecule has 0 radical (unpaired) electrons. The Morgan fingerprint density at radius 3 is 2.42 bits per heavy atom. The third-order valence-corrected chi connectivity index (χ3v) is 5.57. The Kier molecular flexibility index (Phi) is 10.5. The van der Waals surface area contributed by atoms with Crippen LogP contribution >= 0.6 is 23.2 Å². The summed E-state index contributed by atoms with van der Waals surface area (Å²) in [4.78, 5) is 36.7. The van der Waals surface area contributed by atoms with Crippen LogP contribution in [0, 0.1) is 0 Å². The minimum atomic E-state index is -1.02. The van der Waals surface area contributed by atoms with Crippen molar-refractivity contribution >= 4 is 52.9 Å². The van der Waals surface area contributed by atoms with E-state index in [2.05, 4.69) is 22.8 Å². The summed E-state index contributed by atoms with van der Waals surface area (Å²) in [6.07, 6.45) is 3.28. The maximum Gasteiger partial charge on any atom is 0.343 e. The third-order valence-electron chi connectivity index (χ3n) is 5.01. The van der Waals surface area contributed by atoms with E-state index in [1.807, 2.05) is 0 Å². The number of benzene rings is 3. The molecule has 0 aliphatic rings. The molecule has 9 nitrogen and oxygen atoms in total. The molecule has 3 aromatic carbocycles. The second-order valence-electron chi connectivity index (χ2n) is 7.80. The third kappa shape index (κ3) is 8.22. The largest absolute Gasteiger partial charge is 0.494 e. The monoisotopic (exact) mass is 557 g/mol. The molecule has 0 aliphatic heterocycles. The number of amides is 2. The number of unbranched alkanes of at least 4 members (excludes halogenated alkanes) is 1. The van der Waals surface area contributed by atoms with E-state index in [9.17, 15) is 14.4 Å². The zero-order valence-corrected chi connectivity index (χ0v) is 22.1. The average Bonchev–Trinajstić information content (AvgIpc) is 2.91. The molecule has 3 aromatic rings. The fraction of sp³-hybridized carbons (Fsp3) is 0.185. The maximum absolute atomic E-state index is 12.6. The Balaban J connectivity index is 1.57. The van der Waals surface area contributed by atoms with Gasteiger partial charge in [-0.1, -0.05) is 36.5 Å². The first-order chi connectivity index (χ1) is 18.3. The predicted molar refractivity (Wildman–Crippen MR) is 146 cm³/mol. The number of nitrogens with zero attached hydrogens (tertiary/aromatic N) is 1. The summed E-state index contributed by atoms with van der Waals surface area (Å²) in [7, 11) is 1.42. The molecule has 0 atom stereocenters. The number of hydrazone groups is 1. The predicted octanol–water partition coefficient (Wildman–Crippen LogP) is 5.49. The van der Waals surface area contributed by atoms with Crippen LogP contribution in [-0.4, -0.2) is 37.7 Å². The quantitative estimate of drug-likeness (QED) is 0.0850. The molecule has 38 heavy (non-hydrogen) atoms. The van der Waals surface area contributed by atoms with E-state index in [0.29, 0.717) is 28.5 Å². The molecule has 2 amide bonds. The van der Waals surface area contributed by atoms with E-state index >= 15 is 0 Å². The van der Waals surface area contributed by atoms with Gasteiger partial charge in [0.05, 0.1) is 36.2 Å². The normalized spacial score (nSPS) is 10.6. The van der Waals surface area contributed by atoms with E-state index in [1.54, 1.807) is 42.5 Å². The number of carbonyl (C=O) groups excluding carboxylic acids is 3. The van der Waals surface area contributed by atoms with E-state index in [0.717, 1.165) is 12.8 Å². The Morgan fingerprint density at radius 1 is 0.947 bits per heavy atom. The van der Waals surface area contributed by atoms with Crippen molar-refractivity contribution in [3.05, 3.63) is 81.8 Å². The maximum atomic E-state index is 12.6. The smallest absolute Gasteiger partial charge is 0.343 e. The Bertz CT molecular complexity index is 1330. The van der Waals surface area contributed by atoms with Gasteiger partial charge in [0, 0.05) is 5.02 Å². The van der Waals surface area contributed by atoms with E-state index < -0.39 is 17.8 Å². The summed E-state index contributed by atoms with van der Waals surface area (Å²) in [5.74, 6) is -1.43. The molecule has 2 N–H and O–H groups in total. The summed E-state index contributed by atoms with van der Waals surface area (Å²) in [5.41, 5.74) is 3.16. The molecule has 3 rings (SSSR count). The van der Waals surface area contributed by atoms with Gasteiger partial charge >= 0.3 is 17.8 Å². The molecule has 0 spiro atoms. The molecule has 0 bridgehead atoms. The highest BCUT2D eigenvalue weighted by Crippen LogP contribution is 2.29. The van der Waals surface area contributed by atoms with Crippen LogP contribution < -0.4 is 25.0 Å². The van der Waals surface area contributed by atoms with Crippen LogP contribution in [0.5, 0.6) is 17.2 Å². The van der Waals surface area contributed by atoms with Crippen LogP contribution in [0.1, 0.15) is 35.7 Å². The second kappa shape index (κ2) is 14.0. The van der Waals surface area contributed by atoms with Crippen LogP contribution in [-0.2, 0) is 9.59 Å².